The van der Waals surface area contributed by atoms with Crippen LogP contribution in [-0.4, -0.2) is 33.1 Å². The molecule has 0 aliphatic carbocycles. The largest absolute Gasteiger partial charge is 0.381 e. The highest BCUT2D eigenvalue weighted by molar-refractivity contribution is 7.91. The molecule has 1 fully saturated rings. The van der Waals surface area contributed by atoms with Crippen molar-refractivity contribution in [3.63, 3.8) is 0 Å². The minimum absolute atomic E-state index is 0.240. The lowest BCUT2D eigenvalue weighted by molar-refractivity contribution is 0.112. The van der Waals surface area contributed by atoms with Gasteiger partial charge in [0, 0.05) is 6.61 Å². The summed E-state index contributed by atoms with van der Waals surface area (Å²) in [6.45, 7) is 3.21. The Morgan fingerprint density at radius 3 is 2.83 bits per heavy atom. The van der Waals surface area contributed by atoms with E-state index in [1.54, 1.807) is 0 Å². The highest BCUT2D eigenvalue weighted by atomic mass is 32.2. The molecule has 0 spiro atoms. The summed E-state index contributed by atoms with van der Waals surface area (Å²) < 4.78 is 27.5. The molecule has 0 N–H and O–H groups in total. The zero-order valence-electron chi connectivity index (χ0n) is 7.45. The fourth-order valence-corrected chi connectivity index (χ4v) is 3.29. The predicted molar refractivity (Wildman–Crippen MR) is 47.9 cm³/mol. The highest BCUT2D eigenvalue weighted by Gasteiger charge is 2.24. The summed E-state index contributed by atoms with van der Waals surface area (Å²) >= 11 is 0. The van der Waals surface area contributed by atoms with Crippen LogP contribution in [0.4, 0.5) is 0 Å². The number of sulfone groups is 1. The van der Waals surface area contributed by atoms with Gasteiger partial charge < -0.3 is 4.74 Å². The second kappa shape index (κ2) is 4.23. The number of hydrogen-bond donors (Lipinski definition) is 0. The van der Waals surface area contributed by atoms with Gasteiger partial charge in [0.2, 0.25) is 0 Å². The Bertz CT molecular complexity index is 220. The first-order valence-electron chi connectivity index (χ1n) is 4.42. The predicted octanol–water partition coefficient (Wildman–Crippen LogP) is 0.848. The van der Waals surface area contributed by atoms with Crippen molar-refractivity contribution in [2.24, 2.45) is 5.92 Å². The summed E-state index contributed by atoms with van der Waals surface area (Å²) in [5.41, 5.74) is 0. The molecule has 1 aliphatic heterocycles. The molecule has 1 aliphatic rings. The number of ether oxygens (including phenoxy) is 1. The monoisotopic (exact) mass is 192 g/mol. The van der Waals surface area contributed by atoms with E-state index in [4.69, 9.17) is 4.74 Å². The molecule has 72 valence electrons. The fourth-order valence-electron chi connectivity index (χ4n) is 1.53. The zero-order chi connectivity index (χ0) is 9.03. The number of rotatable bonds is 3. The van der Waals surface area contributed by atoms with Crippen molar-refractivity contribution in [3.05, 3.63) is 0 Å². The Balaban J connectivity index is 2.36. The lowest BCUT2D eigenvalue weighted by Gasteiger charge is -2.21. The molecule has 0 aromatic heterocycles. The molecule has 1 rings (SSSR count). The molecule has 1 heterocycles. The van der Waals surface area contributed by atoms with Crippen LogP contribution in [0.15, 0.2) is 0 Å². The van der Waals surface area contributed by atoms with Crippen molar-refractivity contribution in [2.45, 2.75) is 19.8 Å². The molecule has 0 radical (unpaired) electrons. The lowest BCUT2D eigenvalue weighted by atomic mass is 10.1. The topological polar surface area (TPSA) is 43.4 Å². The van der Waals surface area contributed by atoms with E-state index in [0.29, 0.717) is 24.7 Å². The Labute approximate surface area is 74.0 Å². The van der Waals surface area contributed by atoms with Crippen LogP contribution in [0.3, 0.4) is 0 Å². The Kier molecular flexibility index (Phi) is 3.53. The van der Waals surface area contributed by atoms with E-state index < -0.39 is 9.84 Å². The summed E-state index contributed by atoms with van der Waals surface area (Å²) in [4.78, 5) is 0. The third-order valence-electron chi connectivity index (χ3n) is 2.12. The van der Waals surface area contributed by atoms with Gasteiger partial charge in [-0.25, -0.2) is 8.42 Å². The molecule has 1 saturated heterocycles. The van der Waals surface area contributed by atoms with Crippen LogP contribution in [0, 0.1) is 5.92 Å². The summed E-state index contributed by atoms with van der Waals surface area (Å²) in [5.74, 6) is 0.937. The van der Waals surface area contributed by atoms with Gasteiger partial charge >= 0.3 is 0 Å². The minimum atomic E-state index is -2.74. The summed E-state index contributed by atoms with van der Waals surface area (Å²) in [5, 5.41) is 0. The second-order valence-corrected chi connectivity index (χ2v) is 5.51. The average molecular weight is 192 g/mol. The Morgan fingerprint density at radius 1 is 1.50 bits per heavy atom. The molecule has 1 atom stereocenters. The normalized spacial score (nSPS) is 28.6. The quantitative estimate of drug-likeness (QED) is 0.665. The van der Waals surface area contributed by atoms with E-state index in [9.17, 15) is 8.42 Å². The third-order valence-corrected chi connectivity index (χ3v) is 4.00. The van der Waals surface area contributed by atoms with Crippen molar-refractivity contribution in [1.82, 2.24) is 0 Å². The van der Waals surface area contributed by atoms with E-state index in [2.05, 4.69) is 0 Å². The van der Waals surface area contributed by atoms with Crippen LogP contribution in [0.5, 0.6) is 0 Å². The molecule has 12 heavy (non-hydrogen) atoms. The van der Waals surface area contributed by atoms with Gasteiger partial charge in [0.15, 0.2) is 9.84 Å². The third kappa shape index (κ3) is 3.11. The first-order chi connectivity index (χ1) is 5.64. The van der Waals surface area contributed by atoms with E-state index in [-0.39, 0.29) is 5.92 Å². The molecule has 1 unspecified atom stereocenters. The molecular formula is C8H16O3S. The smallest absolute Gasteiger partial charge is 0.150 e. The lowest BCUT2D eigenvalue weighted by Crippen LogP contribution is -2.28. The maximum Gasteiger partial charge on any atom is 0.150 e. The van der Waals surface area contributed by atoms with Crippen molar-refractivity contribution < 1.29 is 13.2 Å². The van der Waals surface area contributed by atoms with Crippen LogP contribution in [0.2, 0.25) is 0 Å². The maximum atomic E-state index is 11.2. The van der Waals surface area contributed by atoms with Gasteiger partial charge in [-0.3, -0.25) is 0 Å². The van der Waals surface area contributed by atoms with E-state index in [1.807, 2.05) is 6.92 Å². The zero-order valence-corrected chi connectivity index (χ0v) is 8.27. The molecule has 0 aromatic carbocycles. The van der Waals surface area contributed by atoms with Gasteiger partial charge in [0.1, 0.15) is 0 Å². The number of hydrogen-bond acceptors (Lipinski definition) is 3. The molecule has 3 nitrogen and oxygen atoms in total. The second-order valence-electron chi connectivity index (χ2n) is 3.28. The van der Waals surface area contributed by atoms with Crippen LogP contribution >= 0.6 is 0 Å². The average Bonchev–Trinajstić information content (AvgIpc) is 1.99. The van der Waals surface area contributed by atoms with Crippen molar-refractivity contribution in [3.8, 4) is 0 Å². The van der Waals surface area contributed by atoms with Gasteiger partial charge in [-0.2, -0.15) is 0 Å². The standard InChI is InChI=1S/C8H16O3S/c1-2-11-6-8-4-3-5-12(9,10)7-8/h8H,2-7H2,1H3. The van der Waals surface area contributed by atoms with Gasteiger partial charge in [-0.1, -0.05) is 0 Å². The van der Waals surface area contributed by atoms with Crippen molar-refractivity contribution in [2.75, 3.05) is 24.7 Å². The van der Waals surface area contributed by atoms with E-state index >= 15 is 0 Å². The Morgan fingerprint density at radius 2 is 2.25 bits per heavy atom. The van der Waals surface area contributed by atoms with Crippen LogP contribution in [-0.2, 0) is 14.6 Å². The molecular weight excluding hydrogens is 176 g/mol. The van der Waals surface area contributed by atoms with Crippen molar-refractivity contribution in [1.29, 1.82) is 0 Å². The summed E-state index contributed by atoms with van der Waals surface area (Å²) in [6.07, 6.45) is 1.80. The van der Waals surface area contributed by atoms with E-state index in [1.165, 1.54) is 0 Å². The van der Waals surface area contributed by atoms with Gasteiger partial charge in [0.25, 0.3) is 0 Å². The highest BCUT2D eigenvalue weighted by Crippen LogP contribution is 2.18. The van der Waals surface area contributed by atoms with Gasteiger partial charge in [0.05, 0.1) is 18.1 Å². The molecule has 0 amide bonds. The van der Waals surface area contributed by atoms with Crippen LogP contribution in [0.25, 0.3) is 0 Å². The molecule has 0 bridgehead atoms. The van der Waals surface area contributed by atoms with Gasteiger partial charge in [-0.05, 0) is 25.7 Å². The van der Waals surface area contributed by atoms with E-state index in [0.717, 1.165) is 12.8 Å². The fraction of sp³-hybridized carbons (Fsp3) is 1.00. The SMILES string of the molecule is CCOCC1CCCS(=O)(=O)C1. The molecule has 0 saturated carbocycles. The summed E-state index contributed by atoms with van der Waals surface area (Å²) in [6, 6.07) is 0. The van der Waals surface area contributed by atoms with Gasteiger partial charge in [-0.15, -0.1) is 0 Å². The maximum absolute atomic E-state index is 11.2. The van der Waals surface area contributed by atoms with Crippen LogP contribution < -0.4 is 0 Å². The Hall–Kier alpha value is -0.0900. The molecule has 0 aromatic rings. The first kappa shape index (κ1) is 9.99. The first-order valence-corrected chi connectivity index (χ1v) is 6.24. The van der Waals surface area contributed by atoms with Crippen molar-refractivity contribution >= 4 is 9.84 Å². The van der Waals surface area contributed by atoms with Crippen LogP contribution in [0.1, 0.15) is 19.8 Å². The molecule has 4 heteroatoms. The summed E-state index contributed by atoms with van der Waals surface area (Å²) in [7, 11) is -2.74. The minimum Gasteiger partial charge on any atom is -0.381 e.